The number of hydrogen-bond acceptors (Lipinski definition) is 4. The quantitative estimate of drug-likeness (QED) is 0.940. The van der Waals surface area contributed by atoms with Gasteiger partial charge < -0.3 is 5.32 Å². The molecule has 0 radical (unpaired) electrons. The third-order valence-electron chi connectivity index (χ3n) is 4.76. The van der Waals surface area contributed by atoms with Gasteiger partial charge in [-0.05, 0) is 31.0 Å². The van der Waals surface area contributed by atoms with E-state index in [1.807, 2.05) is 24.4 Å². The fourth-order valence-corrected chi connectivity index (χ4v) is 3.66. The van der Waals surface area contributed by atoms with Crippen LogP contribution in [0, 0.1) is 0 Å². The molecule has 0 amide bonds. The second kappa shape index (κ2) is 6.56. The minimum atomic E-state index is 0.349. The molecule has 4 rings (SSSR count). The Bertz CT molecular complexity index is 697. The minimum absolute atomic E-state index is 0.349. The van der Waals surface area contributed by atoms with E-state index >= 15 is 0 Å². The van der Waals surface area contributed by atoms with Gasteiger partial charge in [-0.15, -0.1) is 0 Å². The maximum Gasteiger partial charge on any atom is 0.145 e. The van der Waals surface area contributed by atoms with Crippen LogP contribution < -0.4 is 5.32 Å². The highest BCUT2D eigenvalue weighted by Crippen LogP contribution is 2.25. The minimum Gasteiger partial charge on any atom is -0.307 e. The van der Waals surface area contributed by atoms with Crippen molar-refractivity contribution in [3.63, 3.8) is 0 Å². The van der Waals surface area contributed by atoms with Crippen LogP contribution in [0.1, 0.15) is 41.5 Å². The van der Waals surface area contributed by atoms with Gasteiger partial charge in [-0.3, -0.25) is 4.90 Å². The Labute approximate surface area is 141 Å². The summed E-state index contributed by atoms with van der Waals surface area (Å²) in [5.41, 5.74) is 3.66. The standard InChI is InChI=1S/C18H21ClN4/c19-15-5-2-1-4-13(15)11-23-9-7-16-14(12-23)10-21-18(22-16)17-6-3-8-20-17/h1-2,4-5,10,17,20H,3,6-9,11-12H2/t17-/m1/s1. The smallest absolute Gasteiger partial charge is 0.145 e. The predicted molar refractivity (Wildman–Crippen MR) is 91.3 cm³/mol. The molecule has 4 nitrogen and oxygen atoms in total. The molecule has 5 heteroatoms. The van der Waals surface area contributed by atoms with E-state index in [1.54, 1.807) is 0 Å². The predicted octanol–water partition coefficient (Wildman–Crippen LogP) is 3.11. The van der Waals surface area contributed by atoms with Crippen LogP contribution in [0.3, 0.4) is 0 Å². The van der Waals surface area contributed by atoms with E-state index in [-0.39, 0.29) is 0 Å². The van der Waals surface area contributed by atoms with Crippen LogP contribution in [0.15, 0.2) is 30.5 Å². The lowest BCUT2D eigenvalue weighted by Gasteiger charge is -2.28. The molecule has 23 heavy (non-hydrogen) atoms. The Hall–Kier alpha value is -1.49. The average Bonchev–Trinajstić information content (AvgIpc) is 3.11. The summed E-state index contributed by atoms with van der Waals surface area (Å²) in [5, 5.41) is 4.32. The Morgan fingerprint density at radius 3 is 3.04 bits per heavy atom. The lowest BCUT2D eigenvalue weighted by Crippen LogP contribution is -2.31. The number of fused-ring (bicyclic) bond motifs is 1. The molecule has 3 heterocycles. The highest BCUT2D eigenvalue weighted by atomic mass is 35.5. The molecule has 0 saturated carbocycles. The number of rotatable bonds is 3. The normalized spacial score (nSPS) is 21.3. The van der Waals surface area contributed by atoms with Gasteiger partial charge in [0, 0.05) is 48.5 Å². The van der Waals surface area contributed by atoms with Crippen molar-refractivity contribution in [3.05, 3.63) is 58.1 Å². The van der Waals surface area contributed by atoms with Gasteiger partial charge in [0.1, 0.15) is 5.82 Å². The molecule has 1 fully saturated rings. The van der Waals surface area contributed by atoms with Crippen LogP contribution in [0.2, 0.25) is 5.02 Å². The SMILES string of the molecule is Clc1ccccc1CN1CCc2nc([C@H]3CCCN3)ncc2C1. The molecule has 120 valence electrons. The van der Waals surface area contributed by atoms with E-state index < -0.39 is 0 Å². The van der Waals surface area contributed by atoms with E-state index in [0.29, 0.717) is 6.04 Å². The van der Waals surface area contributed by atoms with Gasteiger partial charge in [-0.2, -0.15) is 0 Å². The molecule has 1 N–H and O–H groups in total. The molecule has 1 atom stereocenters. The zero-order valence-corrected chi connectivity index (χ0v) is 13.9. The number of nitrogens with one attached hydrogen (secondary N) is 1. The molecule has 0 spiro atoms. The summed E-state index contributed by atoms with van der Waals surface area (Å²) in [6.07, 6.45) is 5.38. The molecule has 1 saturated heterocycles. The van der Waals surface area contributed by atoms with E-state index in [9.17, 15) is 0 Å². The largest absolute Gasteiger partial charge is 0.307 e. The van der Waals surface area contributed by atoms with Crippen LogP contribution in [0.25, 0.3) is 0 Å². The molecule has 1 aromatic carbocycles. The first-order valence-electron chi connectivity index (χ1n) is 8.33. The van der Waals surface area contributed by atoms with Crippen molar-refractivity contribution in [1.29, 1.82) is 0 Å². The molecule has 0 bridgehead atoms. The summed E-state index contributed by atoms with van der Waals surface area (Å²) < 4.78 is 0. The third-order valence-corrected chi connectivity index (χ3v) is 5.12. The fourth-order valence-electron chi connectivity index (χ4n) is 3.47. The van der Waals surface area contributed by atoms with Crippen LogP contribution >= 0.6 is 11.6 Å². The van der Waals surface area contributed by atoms with E-state index in [0.717, 1.165) is 49.9 Å². The molecular weight excluding hydrogens is 308 g/mol. The van der Waals surface area contributed by atoms with Crippen molar-refractivity contribution >= 4 is 11.6 Å². The zero-order valence-electron chi connectivity index (χ0n) is 13.1. The van der Waals surface area contributed by atoms with E-state index in [4.69, 9.17) is 16.6 Å². The number of nitrogens with zero attached hydrogens (tertiary/aromatic N) is 3. The van der Waals surface area contributed by atoms with Gasteiger partial charge in [-0.1, -0.05) is 29.8 Å². The van der Waals surface area contributed by atoms with Crippen LogP contribution in [-0.4, -0.2) is 28.0 Å². The molecule has 2 aromatic rings. The molecule has 0 aliphatic carbocycles. The van der Waals surface area contributed by atoms with Crippen molar-refractivity contribution in [3.8, 4) is 0 Å². The van der Waals surface area contributed by atoms with Gasteiger partial charge >= 0.3 is 0 Å². The van der Waals surface area contributed by atoms with Crippen molar-refractivity contribution in [2.45, 2.75) is 38.4 Å². The fraction of sp³-hybridized carbons (Fsp3) is 0.444. The van der Waals surface area contributed by atoms with Gasteiger partial charge in [0.05, 0.1) is 6.04 Å². The molecule has 2 aliphatic heterocycles. The lowest BCUT2D eigenvalue weighted by molar-refractivity contribution is 0.242. The summed E-state index contributed by atoms with van der Waals surface area (Å²) >= 11 is 6.28. The highest BCUT2D eigenvalue weighted by Gasteiger charge is 2.23. The summed E-state index contributed by atoms with van der Waals surface area (Å²) in [6, 6.07) is 8.43. The van der Waals surface area contributed by atoms with Crippen LogP contribution in [0.5, 0.6) is 0 Å². The maximum absolute atomic E-state index is 6.28. The van der Waals surface area contributed by atoms with Crippen LogP contribution in [0.4, 0.5) is 0 Å². The Balaban J connectivity index is 1.48. The highest BCUT2D eigenvalue weighted by molar-refractivity contribution is 6.31. The second-order valence-electron chi connectivity index (χ2n) is 6.40. The maximum atomic E-state index is 6.28. The van der Waals surface area contributed by atoms with Gasteiger partial charge in [-0.25, -0.2) is 9.97 Å². The van der Waals surface area contributed by atoms with Crippen molar-refractivity contribution in [1.82, 2.24) is 20.2 Å². The number of benzene rings is 1. The summed E-state index contributed by atoms with van der Waals surface area (Å²) in [5.74, 6) is 0.973. The zero-order chi connectivity index (χ0) is 15.6. The molecule has 2 aliphatic rings. The summed E-state index contributed by atoms with van der Waals surface area (Å²) in [6.45, 7) is 3.88. The van der Waals surface area contributed by atoms with Crippen molar-refractivity contribution < 1.29 is 0 Å². The van der Waals surface area contributed by atoms with Crippen molar-refractivity contribution in [2.75, 3.05) is 13.1 Å². The van der Waals surface area contributed by atoms with E-state index in [1.165, 1.54) is 23.2 Å². The monoisotopic (exact) mass is 328 g/mol. The first-order valence-corrected chi connectivity index (χ1v) is 8.71. The van der Waals surface area contributed by atoms with Gasteiger partial charge in [0.15, 0.2) is 0 Å². The number of hydrogen-bond donors (Lipinski definition) is 1. The van der Waals surface area contributed by atoms with Crippen molar-refractivity contribution in [2.24, 2.45) is 0 Å². The first kappa shape index (κ1) is 15.1. The average molecular weight is 329 g/mol. The Morgan fingerprint density at radius 2 is 2.22 bits per heavy atom. The second-order valence-corrected chi connectivity index (χ2v) is 6.81. The van der Waals surface area contributed by atoms with Crippen LogP contribution in [-0.2, 0) is 19.5 Å². The van der Waals surface area contributed by atoms with E-state index in [2.05, 4.69) is 21.3 Å². The summed E-state index contributed by atoms with van der Waals surface area (Å²) in [4.78, 5) is 11.9. The topological polar surface area (TPSA) is 41.1 Å². The lowest BCUT2D eigenvalue weighted by atomic mass is 10.1. The van der Waals surface area contributed by atoms with Gasteiger partial charge in [0.2, 0.25) is 0 Å². The molecule has 0 unspecified atom stereocenters. The van der Waals surface area contributed by atoms with Gasteiger partial charge in [0.25, 0.3) is 0 Å². The third kappa shape index (κ3) is 3.25. The number of halogens is 1. The Morgan fingerprint density at radius 1 is 1.30 bits per heavy atom. The first-order chi connectivity index (χ1) is 11.3. The molecule has 1 aromatic heterocycles. The molecular formula is C18H21ClN4. The number of aromatic nitrogens is 2. The Kier molecular flexibility index (Phi) is 4.29. The summed E-state index contributed by atoms with van der Waals surface area (Å²) in [7, 11) is 0.